The zero-order chi connectivity index (χ0) is 16.2. The van der Waals surface area contributed by atoms with Gasteiger partial charge in [-0.2, -0.15) is 0 Å². The molecular formula is C17H15BrN2O3. The van der Waals surface area contributed by atoms with Crippen molar-refractivity contribution in [2.24, 2.45) is 0 Å². The lowest BCUT2D eigenvalue weighted by Crippen LogP contribution is -2.32. The van der Waals surface area contributed by atoms with Crippen LogP contribution in [0.15, 0.2) is 46.9 Å². The van der Waals surface area contributed by atoms with Gasteiger partial charge in [0.1, 0.15) is 5.75 Å². The lowest BCUT2D eigenvalue weighted by Gasteiger charge is -2.08. The monoisotopic (exact) mass is 374 g/mol. The molecule has 0 aliphatic carbocycles. The van der Waals surface area contributed by atoms with Crippen LogP contribution >= 0.6 is 15.9 Å². The first kappa shape index (κ1) is 15.6. The SMILES string of the molecule is O=C(CNC(=O)c1ccc2c(c1)CCO2)Nc1ccc(Br)cc1. The van der Waals surface area contributed by atoms with E-state index in [-0.39, 0.29) is 18.4 Å². The molecule has 23 heavy (non-hydrogen) atoms. The van der Waals surface area contributed by atoms with Crippen molar-refractivity contribution in [1.29, 1.82) is 0 Å². The number of anilines is 1. The number of hydrogen-bond acceptors (Lipinski definition) is 3. The van der Waals surface area contributed by atoms with E-state index in [1.54, 1.807) is 24.3 Å². The van der Waals surface area contributed by atoms with E-state index < -0.39 is 0 Å². The number of benzene rings is 2. The zero-order valence-corrected chi connectivity index (χ0v) is 13.9. The number of halogens is 1. The van der Waals surface area contributed by atoms with Crippen molar-refractivity contribution in [3.63, 3.8) is 0 Å². The predicted molar refractivity (Wildman–Crippen MR) is 90.7 cm³/mol. The summed E-state index contributed by atoms with van der Waals surface area (Å²) < 4.78 is 6.34. The van der Waals surface area contributed by atoms with Crippen LogP contribution in [0, 0.1) is 0 Å². The molecule has 0 atom stereocenters. The second-order valence-corrected chi connectivity index (χ2v) is 6.07. The second-order valence-electron chi connectivity index (χ2n) is 5.16. The van der Waals surface area contributed by atoms with E-state index in [1.165, 1.54) is 0 Å². The predicted octanol–water partition coefficient (Wildman–Crippen LogP) is 2.75. The fourth-order valence-corrected chi connectivity index (χ4v) is 2.59. The lowest BCUT2D eigenvalue weighted by molar-refractivity contribution is -0.115. The number of nitrogens with one attached hydrogen (secondary N) is 2. The van der Waals surface area contributed by atoms with Crippen LogP contribution in [0.5, 0.6) is 5.75 Å². The largest absolute Gasteiger partial charge is 0.493 e. The maximum Gasteiger partial charge on any atom is 0.251 e. The van der Waals surface area contributed by atoms with Gasteiger partial charge in [-0.05, 0) is 48.0 Å². The average Bonchev–Trinajstić information content (AvgIpc) is 3.02. The van der Waals surface area contributed by atoms with Gasteiger partial charge in [0.25, 0.3) is 5.91 Å². The highest BCUT2D eigenvalue weighted by Gasteiger charge is 2.15. The number of hydrogen-bond donors (Lipinski definition) is 2. The molecule has 2 aromatic carbocycles. The minimum Gasteiger partial charge on any atom is -0.493 e. The van der Waals surface area contributed by atoms with E-state index in [2.05, 4.69) is 26.6 Å². The third-order valence-electron chi connectivity index (χ3n) is 3.49. The van der Waals surface area contributed by atoms with Crippen molar-refractivity contribution < 1.29 is 14.3 Å². The van der Waals surface area contributed by atoms with Gasteiger partial charge in [-0.3, -0.25) is 9.59 Å². The molecule has 0 radical (unpaired) electrons. The Balaban J connectivity index is 1.54. The molecule has 0 aromatic heterocycles. The van der Waals surface area contributed by atoms with E-state index in [0.29, 0.717) is 17.9 Å². The summed E-state index contributed by atoms with van der Waals surface area (Å²) in [7, 11) is 0. The number of carbonyl (C=O) groups excluding carboxylic acids is 2. The van der Waals surface area contributed by atoms with E-state index in [0.717, 1.165) is 22.2 Å². The number of rotatable bonds is 4. The van der Waals surface area contributed by atoms with Crippen LogP contribution in [0.3, 0.4) is 0 Å². The summed E-state index contributed by atoms with van der Waals surface area (Å²) in [4.78, 5) is 24.0. The van der Waals surface area contributed by atoms with Crippen molar-refractivity contribution in [2.45, 2.75) is 6.42 Å². The number of amides is 2. The zero-order valence-electron chi connectivity index (χ0n) is 12.3. The summed E-state index contributed by atoms with van der Waals surface area (Å²) in [6, 6.07) is 12.5. The van der Waals surface area contributed by atoms with Gasteiger partial charge in [-0.1, -0.05) is 15.9 Å². The Kier molecular flexibility index (Phi) is 4.62. The van der Waals surface area contributed by atoms with Crippen LogP contribution in [0.1, 0.15) is 15.9 Å². The molecule has 0 saturated heterocycles. The summed E-state index contributed by atoms with van der Waals surface area (Å²) in [5, 5.41) is 5.34. The molecule has 0 bridgehead atoms. The van der Waals surface area contributed by atoms with Gasteiger partial charge in [0.2, 0.25) is 5.91 Å². The van der Waals surface area contributed by atoms with E-state index in [4.69, 9.17) is 4.74 Å². The third kappa shape index (κ3) is 3.90. The number of carbonyl (C=O) groups is 2. The molecular weight excluding hydrogens is 360 g/mol. The molecule has 2 amide bonds. The Morgan fingerprint density at radius 3 is 2.70 bits per heavy atom. The van der Waals surface area contributed by atoms with Crippen LogP contribution in [-0.4, -0.2) is 25.0 Å². The summed E-state index contributed by atoms with van der Waals surface area (Å²) in [5.74, 6) is 0.283. The molecule has 118 valence electrons. The van der Waals surface area contributed by atoms with Gasteiger partial charge in [-0.25, -0.2) is 0 Å². The Labute approximate surface area is 142 Å². The minimum atomic E-state index is -0.273. The van der Waals surface area contributed by atoms with Crippen molar-refractivity contribution in [2.75, 3.05) is 18.5 Å². The smallest absolute Gasteiger partial charge is 0.251 e. The maximum absolute atomic E-state index is 12.1. The highest BCUT2D eigenvalue weighted by atomic mass is 79.9. The topological polar surface area (TPSA) is 67.4 Å². The van der Waals surface area contributed by atoms with Gasteiger partial charge in [0.05, 0.1) is 13.2 Å². The van der Waals surface area contributed by atoms with Gasteiger partial charge >= 0.3 is 0 Å². The van der Waals surface area contributed by atoms with E-state index >= 15 is 0 Å². The molecule has 0 unspecified atom stereocenters. The highest BCUT2D eigenvalue weighted by Crippen LogP contribution is 2.25. The maximum atomic E-state index is 12.1. The molecule has 0 saturated carbocycles. The van der Waals surface area contributed by atoms with Crippen LogP contribution < -0.4 is 15.4 Å². The standard InChI is InChI=1S/C17H15BrN2O3/c18-13-2-4-14(5-3-13)20-16(21)10-19-17(22)12-1-6-15-11(9-12)7-8-23-15/h1-6,9H,7-8,10H2,(H,19,22)(H,20,21). The van der Waals surface area contributed by atoms with Gasteiger partial charge < -0.3 is 15.4 Å². The summed E-state index contributed by atoms with van der Waals surface area (Å²) >= 11 is 3.33. The molecule has 3 rings (SSSR count). The van der Waals surface area contributed by atoms with E-state index in [1.807, 2.05) is 18.2 Å². The Bertz CT molecular complexity index is 744. The van der Waals surface area contributed by atoms with Crippen molar-refractivity contribution in [1.82, 2.24) is 5.32 Å². The summed E-state index contributed by atoms with van der Waals surface area (Å²) in [6.07, 6.45) is 0.806. The molecule has 5 nitrogen and oxygen atoms in total. The molecule has 1 heterocycles. The Hall–Kier alpha value is -2.34. The summed E-state index contributed by atoms with van der Waals surface area (Å²) in [5.41, 5.74) is 2.24. The molecule has 2 aromatic rings. The lowest BCUT2D eigenvalue weighted by atomic mass is 10.1. The fourth-order valence-electron chi connectivity index (χ4n) is 2.33. The molecule has 1 aliphatic rings. The highest BCUT2D eigenvalue weighted by molar-refractivity contribution is 9.10. The molecule has 6 heteroatoms. The first-order valence-corrected chi connectivity index (χ1v) is 8.00. The number of fused-ring (bicyclic) bond motifs is 1. The van der Waals surface area contributed by atoms with Crippen molar-refractivity contribution in [3.8, 4) is 5.75 Å². The number of ether oxygens (including phenoxy) is 1. The van der Waals surface area contributed by atoms with Gasteiger partial charge in [0, 0.05) is 22.1 Å². The van der Waals surface area contributed by atoms with Gasteiger partial charge in [-0.15, -0.1) is 0 Å². The normalized spacial score (nSPS) is 12.2. The third-order valence-corrected chi connectivity index (χ3v) is 4.02. The van der Waals surface area contributed by atoms with Crippen LogP contribution in [0.2, 0.25) is 0 Å². The van der Waals surface area contributed by atoms with Crippen LogP contribution in [0.25, 0.3) is 0 Å². The van der Waals surface area contributed by atoms with Crippen molar-refractivity contribution >= 4 is 33.4 Å². The second kappa shape index (κ2) is 6.83. The first-order chi connectivity index (χ1) is 11.1. The van der Waals surface area contributed by atoms with E-state index in [9.17, 15) is 9.59 Å². The van der Waals surface area contributed by atoms with Crippen LogP contribution in [-0.2, 0) is 11.2 Å². The molecule has 0 spiro atoms. The van der Waals surface area contributed by atoms with Crippen LogP contribution in [0.4, 0.5) is 5.69 Å². The molecule has 2 N–H and O–H groups in total. The quantitative estimate of drug-likeness (QED) is 0.864. The fraction of sp³-hybridized carbons (Fsp3) is 0.176. The van der Waals surface area contributed by atoms with Gasteiger partial charge in [0.15, 0.2) is 0 Å². The average molecular weight is 375 g/mol. The molecule has 0 fully saturated rings. The Morgan fingerprint density at radius 2 is 1.91 bits per heavy atom. The molecule has 1 aliphatic heterocycles. The summed E-state index contributed by atoms with van der Waals surface area (Å²) in [6.45, 7) is 0.568. The minimum absolute atomic E-state index is 0.0809. The van der Waals surface area contributed by atoms with Crippen molar-refractivity contribution in [3.05, 3.63) is 58.1 Å². The Morgan fingerprint density at radius 1 is 1.13 bits per heavy atom. The first-order valence-electron chi connectivity index (χ1n) is 7.21.